The van der Waals surface area contributed by atoms with Crippen molar-refractivity contribution in [2.45, 2.75) is 12.5 Å². The Morgan fingerprint density at radius 2 is 2.28 bits per heavy atom. The van der Waals surface area contributed by atoms with Gasteiger partial charge in [0.1, 0.15) is 5.82 Å². The maximum atomic E-state index is 13.0. The van der Waals surface area contributed by atoms with Crippen LogP contribution in [0.4, 0.5) is 4.39 Å². The number of rotatable bonds is 4. The summed E-state index contributed by atoms with van der Waals surface area (Å²) in [5, 5.41) is 4.49. The second-order valence-electron chi connectivity index (χ2n) is 4.04. The van der Waals surface area contributed by atoms with Gasteiger partial charge in [0.2, 0.25) is 0 Å². The Hall–Kier alpha value is -1.43. The van der Waals surface area contributed by atoms with E-state index in [2.05, 4.69) is 10.5 Å². The predicted octanol–water partition coefficient (Wildman–Crippen LogP) is 1.96. The molecule has 18 heavy (non-hydrogen) atoms. The number of aromatic nitrogens is 2. The topological polar surface area (TPSA) is 55.9 Å². The third kappa shape index (κ3) is 2.69. The zero-order valence-corrected chi connectivity index (χ0v) is 10.7. The van der Waals surface area contributed by atoms with Crippen LogP contribution in [-0.2, 0) is 13.5 Å². The number of hydrogen-bond donors (Lipinski definition) is 2. The molecule has 4 nitrogen and oxygen atoms in total. The van der Waals surface area contributed by atoms with E-state index in [0.29, 0.717) is 11.4 Å². The standard InChI is InChI=1S/C12H14ClFN4/c1-18-12(4-5-16-18)11(17-15)6-8-2-3-9(14)7-10(8)13/h2-5,7,11,17H,6,15H2,1H3. The molecule has 0 aliphatic carbocycles. The molecule has 0 saturated carbocycles. The molecule has 2 rings (SSSR count). The first-order valence-corrected chi connectivity index (χ1v) is 5.87. The summed E-state index contributed by atoms with van der Waals surface area (Å²) in [6, 6.07) is 6.10. The minimum atomic E-state index is -0.346. The lowest BCUT2D eigenvalue weighted by Crippen LogP contribution is -2.31. The van der Waals surface area contributed by atoms with Gasteiger partial charge in [-0.2, -0.15) is 5.10 Å². The molecule has 0 radical (unpaired) electrons. The van der Waals surface area contributed by atoms with Crippen LogP contribution in [0, 0.1) is 5.82 Å². The minimum Gasteiger partial charge on any atom is -0.271 e. The van der Waals surface area contributed by atoms with E-state index in [1.807, 2.05) is 13.1 Å². The van der Waals surface area contributed by atoms with Gasteiger partial charge in [0.05, 0.1) is 11.7 Å². The fraction of sp³-hybridized carbons (Fsp3) is 0.250. The molecule has 1 heterocycles. The molecule has 96 valence electrons. The maximum absolute atomic E-state index is 13.0. The van der Waals surface area contributed by atoms with Crippen molar-refractivity contribution in [2.75, 3.05) is 0 Å². The van der Waals surface area contributed by atoms with E-state index < -0.39 is 0 Å². The first-order valence-electron chi connectivity index (χ1n) is 5.49. The molecule has 1 unspecified atom stereocenters. The van der Waals surface area contributed by atoms with Crippen LogP contribution in [0.2, 0.25) is 5.02 Å². The Bertz CT molecular complexity index is 541. The molecule has 0 saturated heterocycles. The molecule has 0 spiro atoms. The van der Waals surface area contributed by atoms with Crippen LogP contribution in [-0.4, -0.2) is 9.78 Å². The van der Waals surface area contributed by atoms with E-state index in [1.54, 1.807) is 16.9 Å². The Kier molecular flexibility index (Phi) is 3.96. The molecule has 1 aromatic carbocycles. The van der Waals surface area contributed by atoms with Gasteiger partial charge in [-0.1, -0.05) is 17.7 Å². The van der Waals surface area contributed by atoms with Crippen molar-refractivity contribution in [3.8, 4) is 0 Å². The van der Waals surface area contributed by atoms with Crippen molar-refractivity contribution in [1.29, 1.82) is 0 Å². The number of hydrogen-bond acceptors (Lipinski definition) is 3. The number of nitrogens with zero attached hydrogens (tertiary/aromatic N) is 2. The van der Waals surface area contributed by atoms with Gasteiger partial charge < -0.3 is 0 Å². The van der Waals surface area contributed by atoms with E-state index in [-0.39, 0.29) is 11.9 Å². The summed E-state index contributed by atoms with van der Waals surface area (Å²) in [6.07, 6.45) is 2.26. The summed E-state index contributed by atoms with van der Waals surface area (Å²) in [5.74, 6) is 5.21. The smallest absolute Gasteiger partial charge is 0.124 e. The van der Waals surface area contributed by atoms with Gasteiger partial charge in [-0.3, -0.25) is 16.0 Å². The van der Waals surface area contributed by atoms with Crippen molar-refractivity contribution < 1.29 is 4.39 Å². The monoisotopic (exact) mass is 268 g/mol. The van der Waals surface area contributed by atoms with Crippen LogP contribution < -0.4 is 11.3 Å². The predicted molar refractivity (Wildman–Crippen MR) is 68.4 cm³/mol. The lowest BCUT2D eigenvalue weighted by Gasteiger charge is -2.17. The lowest BCUT2D eigenvalue weighted by molar-refractivity contribution is 0.508. The van der Waals surface area contributed by atoms with Gasteiger partial charge in [0, 0.05) is 18.3 Å². The highest BCUT2D eigenvalue weighted by atomic mass is 35.5. The zero-order chi connectivity index (χ0) is 13.1. The summed E-state index contributed by atoms with van der Waals surface area (Å²) >= 11 is 6.00. The number of nitrogens with one attached hydrogen (secondary N) is 1. The number of aryl methyl sites for hydroxylation is 1. The summed E-state index contributed by atoms with van der Waals surface area (Å²) in [4.78, 5) is 0. The number of benzene rings is 1. The van der Waals surface area contributed by atoms with E-state index in [1.165, 1.54) is 12.1 Å². The van der Waals surface area contributed by atoms with E-state index in [9.17, 15) is 4.39 Å². The third-order valence-electron chi connectivity index (χ3n) is 2.86. The van der Waals surface area contributed by atoms with Crippen molar-refractivity contribution in [3.05, 3.63) is 52.6 Å². The van der Waals surface area contributed by atoms with Crippen LogP contribution in [0.1, 0.15) is 17.3 Å². The van der Waals surface area contributed by atoms with Crippen molar-refractivity contribution >= 4 is 11.6 Å². The maximum Gasteiger partial charge on any atom is 0.124 e. The lowest BCUT2D eigenvalue weighted by atomic mass is 10.0. The molecule has 1 aromatic heterocycles. The van der Waals surface area contributed by atoms with Crippen LogP contribution in [0.5, 0.6) is 0 Å². The molecule has 2 aromatic rings. The van der Waals surface area contributed by atoms with Gasteiger partial charge in [0.25, 0.3) is 0 Å². The van der Waals surface area contributed by atoms with E-state index in [0.717, 1.165) is 11.3 Å². The Morgan fingerprint density at radius 3 is 2.83 bits per heavy atom. The normalized spacial score (nSPS) is 12.7. The van der Waals surface area contributed by atoms with Crippen molar-refractivity contribution in [3.63, 3.8) is 0 Å². The first kappa shape index (κ1) is 13.0. The number of halogens is 2. The van der Waals surface area contributed by atoms with Gasteiger partial charge >= 0.3 is 0 Å². The van der Waals surface area contributed by atoms with E-state index in [4.69, 9.17) is 17.4 Å². The van der Waals surface area contributed by atoms with Crippen molar-refractivity contribution in [2.24, 2.45) is 12.9 Å². The quantitative estimate of drug-likeness (QED) is 0.658. The number of hydrazine groups is 1. The summed E-state index contributed by atoms with van der Waals surface area (Å²) in [6.45, 7) is 0. The second-order valence-corrected chi connectivity index (χ2v) is 4.45. The van der Waals surface area contributed by atoms with Crippen LogP contribution in [0.3, 0.4) is 0 Å². The van der Waals surface area contributed by atoms with Gasteiger partial charge in [0.15, 0.2) is 0 Å². The highest BCUT2D eigenvalue weighted by Crippen LogP contribution is 2.23. The molecular formula is C12H14ClFN4. The molecule has 0 aliphatic rings. The fourth-order valence-corrected chi connectivity index (χ4v) is 2.13. The van der Waals surface area contributed by atoms with Crippen molar-refractivity contribution in [1.82, 2.24) is 15.2 Å². The second kappa shape index (κ2) is 5.48. The molecule has 0 amide bonds. The highest BCUT2D eigenvalue weighted by molar-refractivity contribution is 6.31. The Balaban J connectivity index is 2.23. The Labute approximate surface area is 110 Å². The average Bonchev–Trinajstić information content (AvgIpc) is 2.75. The molecule has 0 aliphatic heterocycles. The molecule has 6 heteroatoms. The van der Waals surface area contributed by atoms with Crippen LogP contribution in [0.25, 0.3) is 0 Å². The first-order chi connectivity index (χ1) is 8.61. The highest BCUT2D eigenvalue weighted by Gasteiger charge is 2.15. The molecular weight excluding hydrogens is 255 g/mol. The van der Waals surface area contributed by atoms with E-state index >= 15 is 0 Å². The third-order valence-corrected chi connectivity index (χ3v) is 3.21. The average molecular weight is 269 g/mol. The summed E-state index contributed by atoms with van der Waals surface area (Å²) in [5.41, 5.74) is 4.50. The van der Waals surface area contributed by atoms with Gasteiger partial charge in [-0.05, 0) is 30.2 Å². The Morgan fingerprint density at radius 1 is 1.50 bits per heavy atom. The molecule has 1 atom stereocenters. The summed E-state index contributed by atoms with van der Waals surface area (Å²) < 4.78 is 14.7. The zero-order valence-electron chi connectivity index (χ0n) is 9.90. The largest absolute Gasteiger partial charge is 0.271 e. The molecule has 0 fully saturated rings. The summed E-state index contributed by atoms with van der Waals surface area (Å²) in [7, 11) is 1.84. The number of nitrogens with two attached hydrogens (primary N) is 1. The fourth-order valence-electron chi connectivity index (χ4n) is 1.88. The van der Waals surface area contributed by atoms with Crippen LogP contribution in [0.15, 0.2) is 30.5 Å². The van der Waals surface area contributed by atoms with Crippen LogP contribution >= 0.6 is 11.6 Å². The molecule has 0 bridgehead atoms. The minimum absolute atomic E-state index is 0.125. The van der Waals surface area contributed by atoms with Gasteiger partial charge in [-0.25, -0.2) is 4.39 Å². The molecule has 3 N–H and O–H groups in total. The van der Waals surface area contributed by atoms with Gasteiger partial charge in [-0.15, -0.1) is 0 Å². The SMILES string of the molecule is Cn1nccc1C(Cc1ccc(F)cc1Cl)NN.